The molecule has 4 aliphatic rings. The van der Waals surface area contributed by atoms with Crippen molar-refractivity contribution in [1.29, 1.82) is 0 Å². The highest BCUT2D eigenvalue weighted by atomic mass is 16.6. The van der Waals surface area contributed by atoms with Crippen molar-refractivity contribution in [2.45, 2.75) is 118 Å². The number of fused-ring (bicyclic) bond motifs is 6. The van der Waals surface area contributed by atoms with Crippen LogP contribution in [-0.4, -0.2) is 18.7 Å². The topological polar surface area (TPSA) is 65.7 Å². The van der Waals surface area contributed by atoms with E-state index in [1.807, 2.05) is 42.5 Å². The maximum Gasteiger partial charge on any atom is 0.344 e. The van der Waals surface area contributed by atoms with E-state index >= 15 is 0 Å². The number of hydrogen-bond acceptors (Lipinski definition) is 5. The van der Waals surface area contributed by atoms with E-state index in [1.165, 1.54) is 69.4 Å². The molecule has 5 heteroatoms. The van der Waals surface area contributed by atoms with E-state index < -0.39 is 5.63 Å². The molecule has 1 aromatic heterocycles. The van der Waals surface area contributed by atoms with Gasteiger partial charge >= 0.3 is 11.6 Å². The molecule has 50 heavy (non-hydrogen) atoms. The first-order valence-corrected chi connectivity index (χ1v) is 19.7. The summed E-state index contributed by atoms with van der Waals surface area (Å²) in [5.41, 5.74) is 3.99. The van der Waals surface area contributed by atoms with Gasteiger partial charge in [-0.3, -0.25) is 0 Å². The molecule has 3 saturated carbocycles. The normalized spacial score (nSPS) is 31.2. The van der Waals surface area contributed by atoms with E-state index in [9.17, 15) is 9.59 Å². The van der Waals surface area contributed by atoms with Gasteiger partial charge in [-0.05, 0) is 121 Å². The number of carbonyl (C=O) groups excluding carboxylic acids is 1. The molecule has 3 fully saturated rings. The lowest BCUT2D eigenvalue weighted by Gasteiger charge is -2.61. The fourth-order valence-corrected chi connectivity index (χ4v) is 11.1. The van der Waals surface area contributed by atoms with Crippen LogP contribution >= 0.6 is 0 Å². The number of ether oxygens (including phenoxy) is 2. The third-order valence-corrected chi connectivity index (χ3v) is 13.9. The van der Waals surface area contributed by atoms with Gasteiger partial charge in [0.1, 0.15) is 17.4 Å². The smallest absolute Gasteiger partial charge is 0.344 e. The average Bonchev–Trinajstić information content (AvgIpc) is 3.09. The number of rotatable bonds is 10. The van der Waals surface area contributed by atoms with Crippen molar-refractivity contribution >= 4 is 16.9 Å². The Morgan fingerprint density at radius 3 is 2.56 bits per heavy atom. The van der Waals surface area contributed by atoms with Crippen LogP contribution in [0.3, 0.4) is 0 Å². The highest BCUT2D eigenvalue weighted by molar-refractivity contribution is 5.93. The van der Waals surface area contributed by atoms with E-state index in [-0.39, 0.29) is 24.1 Å². The minimum absolute atomic E-state index is 0.105. The lowest BCUT2D eigenvalue weighted by molar-refractivity contribution is -0.154. The second-order valence-electron chi connectivity index (χ2n) is 17.4. The summed E-state index contributed by atoms with van der Waals surface area (Å²) in [7, 11) is 0. The third-order valence-electron chi connectivity index (χ3n) is 13.9. The predicted molar refractivity (Wildman–Crippen MR) is 201 cm³/mol. The number of carbonyl (C=O) groups is 1. The van der Waals surface area contributed by atoms with Gasteiger partial charge in [0.25, 0.3) is 0 Å². The van der Waals surface area contributed by atoms with Crippen molar-refractivity contribution in [1.82, 2.24) is 0 Å². The summed E-state index contributed by atoms with van der Waals surface area (Å²) in [5, 5.41) is 0.816. The van der Waals surface area contributed by atoms with E-state index in [4.69, 9.17) is 13.9 Å². The molecule has 0 saturated heterocycles. The van der Waals surface area contributed by atoms with Crippen LogP contribution in [0.1, 0.15) is 112 Å². The number of hydrogen-bond donors (Lipinski definition) is 0. The van der Waals surface area contributed by atoms with Gasteiger partial charge in [0.05, 0.1) is 0 Å². The van der Waals surface area contributed by atoms with E-state index in [0.29, 0.717) is 16.7 Å². The van der Waals surface area contributed by atoms with Crippen LogP contribution in [0.25, 0.3) is 22.1 Å². The fourth-order valence-electron chi connectivity index (χ4n) is 11.1. The summed E-state index contributed by atoms with van der Waals surface area (Å²) in [6.07, 6.45) is 17.6. The zero-order valence-electron chi connectivity index (χ0n) is 31.0. The second kappa shape index (κ2) is 14.4. The van der Waals surface area contributed by atoms with Crippen LogP contribution < -0.4 is 10.4 Å². The summed E-state index contributed by atoms with van der Waals surface area (Å²) in [5.74, 6) is 5.07. The summed E-state index contributed by atoms with van der Waals surface area (Å²) < 4.78 is 17.4. The molecular formula is C45H58O5. The molecule has 1 heterocycles. The van der Waals surface area contributed by atoms with Crippen molar-refractivity contribution in [3.05, 3.63) is 76.7 Å². The monoisotopic (exact) mass is 678 g/mol. The Kier molecular flexibility index (Phi) is 10.1. The van der Waals surface area contributed by atoms with Crippen molar-refractivity contribution in [2.75, 3.05) is 6.61 Å². The lowest BCUT2D eigenvalue weighted by atomic mass is 9.44. The van der Waals surface area contributed by atoms with E-state index in [2.05, 4.69) is 40.7 Å². The molecule has 0 radical (unpaired) electrons. The van der Waals surface area contributed by atoms with E-state index in [0.717, 1.165) is 71.3 Å². The van der Waals surface area contributed by atoms with Gasteiger partial charge in [-0.15, -0.1) is 0 Å². The molecular weight excluding hydrogens is 620 g/mol. The Hall–Kier alpha value is -3.34. The van der Waals surface area contributed by atoms with Crippen LogP contribution in [0, 0.1) is 46.3 Å². The largest absolute Gasteiger partial charge is 0.482 e. The Labute approximate surface area is 299 Å². The molecule has 0 bridgehead atoms. The highest BCUT2D eigenvalue weighted by Crippen LogP contribution is 2.65. The van der Waals surface area contributed by atoms with Gasteiger partial charge in [-0.1, -0.05) is 95.9 Å². The molecule has 4 aliphatic carbocycles. The van der Waals surface area contributed by atoms with Crippen molar-refractivity contribution in [2.24, 2.45) is 46.3 Å². The molecule has 8 atom stereocenters. The molecule has 0 aliphatic heterocycles. The Bertz CT molecular complexity index is 1750. The maximum atomic E-state index is 13.0. The third kappa shape index (κ3) is 7.08. The number of allylic oxidation sites excluding steroid dienone is 1. The van der Waals surface area contributed by atoms with Gasteiger partial charge in [-0.25, -0.2) is 9.59 Å². The van der Waals surface area contributed by atoms with Gasteiger partial charge in [-0.2, -0.15) is 0 Å². The molecule has 5 nitrogen and oxygen atoms in total. The Morgan fingerprint density at radius 2 is 1.76 bits per heavy atom. The molecule has 0 N–H and O–H groups in total. The fraction of sp³-hybridized carbons (Fsp3) is 0.600. The number of esters is 1. The second-order valence-corrected chi connectivity index (χ2v) is 17.4. The van der Waals surface area contributed by atoms with Crippen molar-refractivity contribution < 1.29 is 18.7 Å². The SMILES string of the molecule is CC(C)CCC[C@H](C)[C@H]1CC[C@H]2[C@H]3CC=C4C[C@H](OC(=O)COc5ccc6c(-c7ccccc7)cc(=O)oc6c5)CC[C@]4(C)[C@@H]3CC[C@]2(C)C1. The van der Waals surface area contributed by atoms with Gasteiger partial charge in [0.2, 0.25) is 0 Å². The maximum absolute atomic E-state index is 13.0. The summed E-state index contributed by atoms with van der Waals surface area (Å²) in [6, 6.07) is 16.7. The Morgan fingerprint density at radius 1 is 0.940 bits per heavy atom. The highest BCUT2D eigenvalue weighted by Gasteiger charge is 2.56. The van der Waals surface area contributed by atoms with Crippen LogP contribution in [0.15, 0.2) is 75.5 Å². The van der Waals surface area contributed by atoms with Gasteiger partial charge in [0.15, 0.2) is 6.61 Å². The molecule has 0 spiro atoms. The molecule has 0 amide bonds. The molecule has 0 unspecified atom stereocenters. The molecule has 2 aromatic carbocycles. The minimum atomic E-state index is -0.423. The molecule has 268 valence electrons. The molecule has 3 aromatic rings. The lowest BCUT2D eigenvalue weighted by Crippen LogP contribution is -2.52. The first-order chi connectivity index (χ1) is 24.0. The zero-order valence-corrected chi connectivity index (χ0v) is 31.0. The average molecular weight is 679 g/mol. The van der Waals surface area contributed by atoms with Crippen LogP contribution in [0.4, 0.5) is 0 Å². The summed E-state index contributed by atoms with van der Waals surface area (Å²) in [4.78, 5) is 25.4. The minimum Gasteiger partial charge on any atom is -0.482 e. The van der Waals surface area contributed by atoms with Crippen LogP contribution in [0.2, 0.25) is 0 Å². The van der Waals surface area contributed by atoms with Gasteiger partial charge in [0, 0.05) is 23.9 Å². The van der Waals surface area contributed by atoms with Crippen molar-refractivity contribution in [3.8, 4) is 16.9 Å². The quantitative estimate of drug-likeness (QED) is 0.121. The Balaban J connectivity index is 0.945. The van der Waals surface area contributed by atoms with Gasteiger partial charge < -0.3 is 13.9 Å². The standard InChI is InChI=1S/C45H58O5/c1-29(2)10-9-11-30(3)32-14-19-39-37-17-15-33-24-35(20-23-45(33,5)40(37)21-22-44(39,4)27-32)49-43(47)28-48-34-16-18-36-38(31-12-7-6-8-13-31)26-42(46)50-41(36)25-34/h6-8,12-13,15-16,18,25-26,29-30,32,35,37,39-40H,9-11,14,17,19-24,27-28H2,1-5H3/t30-,32-,35+,37+,39-,40+,44+,45-/m0/s1. The summed E-state index contributed by atoms with van der Waals surface area (Å²) >= 11 is 0. The zero-order chi connectivity index (χ0) is 35.0. The van der Waals surface area contributed by atoms with E-state index in [1.54, 1.807) is 6.07 Å². The predicted octanol–water partition coefficient (Wildman–Crippen LogP) is 11.2. The summed E-state index contributed by atoms with van der Waals surface area (Å²) in [6.45, 7) is 12.3. The van der Waals surface area contributed by atoms with Crippen LogP contribution in [0.5, 0.6) is 5.75 Å². The number of benzene rings is 2. The van der Waals surface area contributed by atoms with Crippen LogP contribution in [-0.2, 0) is 9.53 Å². The first-order valence-electron chi connectivity index (χ1n) is 19.7. The molecule has 7 rings (SSSR count). The first kappa shape index (κ1) is 35.1. The van der Waals surface area contributed by atoms with Crippen molar-refractivity contribution in [3.63, 3.8) is 0 Å².